The standard InChI is InChI=1S/C27H35Cl/c1-6-10-21-16-22(17-26-25(21)14-20(9-4)15-27(26)28)23-12-11-19(8-3)13-24(23)18(5)7-2/h10-15,18,22H,6-9,16-17H2,1-5H3/b21-10-. The summed E-state index contributed by atoms with van der Waals surface area (Å²) < 4.78 is 0. The van der Waals surface area contributed by atoms with Gasteiger partial charge in [0.15, 0.2) is 0 Å². The lowest BCUT2D eigenvalue weighted by atomic mass is 9.74. The molecule has 0 N–H and O–H groups in total. The van der Waals surface area contributed by atoms with E-state index >= 15 is 0 Å². The lowest BCUT2D eigenvalue weighted by Crippen LogP contribution is -2.16. The topological polar surface area (TPSA) is 0 Å². The molecule has 0 radical (unpaired) electrons. The van der Waals surface area contributed by atoms with E-state index < -0.39 is 0 Å². The highest BCUT2D eigenvalue weighted by Gasteiger charge is 2.28. The predicted molar refractivity (Wildman–Crippen MR) is 125 cm³/mol. The first kappa shape index (κ1) is 21.2. The van der Waals surface area contributed by atoms with Crippen LogP contribution in [0.2, 0.25) is 5.02 Å². The molecule has 0 nitrogen and oxygen atoms in total. The highest BCUT2D eigenvalue weighted by Crippen LogP contribution is 2.44. The van der Waals surface area contributed by atoms with Gasteiger partial charge < -0.3 is 0 Å². The zero-order chi connectivity index (χ0) is 20.3. The molecule has 28 heavy (non-hydrogen) atoms. The third kappa shape index (κ3) is 4.23. The van der Waals surface area contributed by atoms with E-state index in [-0.39, 0.29) is 0 Å². The molecule has 0 spiro atoms. The smallest absolute Gasteiger partial charge is 0.0447 e. The third-order valence-electron chi connectivity index (χ3n) is 6.52. The molecule has 0 aromatic heterocycles. The van der Waals surface area contributed by atoms with Gasteiger partial charge in [-0.1, -0.05) is 76.6 Å². The predicted octanol–water partition coefficient (Wildman–Crippen LogP) is 8.50. The van der Waals surface area contributed by atoms with Crippen molar-refractivity contribution in [1.29, 1.82) is 0 Å². The van der Waals surface area contributed by atoms with Crippen LogP contribution in [0.1, 0.15) is 99.1 Å². The van der Waals surface area contributed by atoms with Gasteiger partial charge in [0.2, 0.25) is 0 Å². The molecule has 0 aliphatic heterocycles. The van der Waals surface area contributed by atoms with Gasteiger partial charge in [0.1, 0.15) is 0 Å². The number of rotatable bonds is 6. The molecule has 1 aliphatic carbocycles. The van der Waals surface area contributed by atoms with Crippen LogP contribution in [0.15, 0.2) is 36.4 Å². The minimum Gasteiger partial charge on any atom is -0.0840 e. The number of fused-ring (bicyclic) bond motifs is 1. The molecule has 1 aliphatic rings. The highest BCUT2D eigenvalue weighted by atomic mass is 35.5. The van der Waals surface area contributed by atoms with Gasteiger partial charge in [0, 0.05) is 5.02 Å². The molecule has 0 heterocycles. The summed E-state index contributed by atoms with van der Waals surface area (Å²) in [5.41, 5.74) is 10.1. The lowest BCUT2D eigenvalue weighted by molar-refractivity contribution is 0.647. The lowest BCUT2D eigenvalue weighted by Gasteiger charge is -2.31. The maximum atomic E-state index is 6.79. The van der Waals surface area contributed by atoms with Gasteiger partial charge in [0.25, 0.3) is 0 Å². The summed E-state index contributed by atoms with van der Waals surface area (Å²) in [5.74, 6) is 1.12. The first-order valence-electron chi connectivity index (χ1n) is 11.2. The van der Waals surface area contributed by atoms with Crippen LogP contribution < -0.4 is 0 Å². The Labute approximate surface area is 177 Å². The van der Waals surface area contributed by atoms with E-state index in [2.05, 4.69) is 71.0 Å². The second kappa shape index (κ2) is 9.31. The summed E-state index contributed by atoms with van der Waals surface area (Å²) in [5, 5.41) is 0.955. The average molecular weight is 395 g/mol. The normalized spacial score (nSPS) is 18.9. The van der Waals surface area contributed by atoms with Crippen LogP contribution in [-0.4, -0.2) is 0 Å². The van der Waals surface area contributed by atoms with Gasteiger partial charge in [-0.15, -0.1) is 0 Å². The Bertz CT molecular complexity index is 859. The highest BCUT2D eigenvalue weighted by molar-refractivity contribution is 6.31. The number of aryl methyl sites for hydroxylation is 2. The number of halogens is 1. The molecule has 3 rings (SSSR count). The fourth-order valence-electron chi connectivity index (χ4n) is 4.61. The first-order chi connectivity index (χ1) is 13.5. The van der Waals surface area contributed by atoms with E-state index in [0.29, 0.717) is 11.8 Å². The van der Waals surface area contributed by atoms with Crippen LogP contribution in [0, 0.1) is 0 Å². The van der Waals surface area contributed by atoms with Crippen molar-refractivity contribution in [2.75, 3.05) is 0 Å². The van der Waals surface area contributed by atoms with Crippen molar-refractivity contribution < 1.29 is 0 Å². The van der Waals surface area contributed by atoms with Crippen LogP contribution in [0.3, 0.4) is 0 Å². The quantitative estimate of drug-likeness (QED) is 0.460. The van der Waals surface area contributed by atoms with E-state index in [1.807, 2.05) is 0 Å². The molecule has 0 amide bonds. The minimum absolute atomic E-state index is 0.519. The summed E-state index contributed by atoms with van der Waals surface area (Å²) in [6, 6.07) is 11.8. The Balaban J connectivity index is 2.10. The second-order valence-electron chi connectivity index (χ2n) is 8.33. The van der Waals surface area contributed by atoms with Crippen molar-refractivity contribution in [3.05, 3.63) is 74.8 Å². The van der Waals surface area contributed by atoms with E-state index in [4.69, 9.17) is 11.6 Å². The van der Waals surface area contributed by atoms with Crippen LogP contribution >= 0.6 is 11.6 Å². The van der Waals surface area contributed by atoms with Crippen molar-refractivity contribution >= 4 is 17.2 Å². The molecule has 0 saturated carbocycles. The second-order valence-corrected chi connectivity index (χ2v) is 8.73. The molecule has 150 valence electrons. The molecular weight excluding hydrogens is 360 g/mol. The number of hydrogen-bond donors (Lipinski definition) is 0. The molecule has 2 atom stereocenters. The van der Waals surface area contributed by atoms with Crippen LogP contribution in [-0.2, 0) is 19.3 Å². The van der Waals surface area contributed by atoms with Gasteiger partial charge in [-0.3, -0.25) is 0 Å². The van der Waals surface area contributed by atoms with Crippen molar-refractivity contribution in [2.24, 2.45) is 0 Å². The summed E-state index contributed by atoms with van der Waals surface area (Å²) in [6.45, 7) is 11.4. The molecule has 0 bridgehead atoms. The van der Waals surface area contributed by atoms with Gasteiger partial charge in [0.05, 0.1) is 0 Å². The van der Waals surface area contributed by atoms with Crippen molar-refractivity contribution in [2.45, 2.75) is 85.0 Å². The van der Waals surface area contributed by atoms with Crippen molar-refractivity contribution in [3.8, 4) is 0 Å². The van der Waals surface area contributed by atoms with Crippen LogP contribution in [0.25, 0.3) is 5.57 Å². The van der Waals surface area contributed by atoms with Gasteiger partial charge in [-0.25, -0.2) is 0 Å². The molecule has 1 heteroatoms. The average Bonchev–Trinajstić information content (AvgIpc) is 2.73. The van der Waals surface area contributed by atoms with E-state index in [9.17, 15) is 0 Å². The van der Waals surface area contributed by atoms with Crippen LogP contribution in [0.4, 0.5) is 0 Å². The van der Waals surface area contributed by atoms with E-state index in [1.54, 1.807) is 5.56 Å². The zero-order valence-electron chi connectivity index (χ0n) is 18.2. The number of benzene rings is 2. The summed E-state index contributed by atoms with van der Waals surface area (Å²) in [6.07, 6.45) is 8.98. The Morgan fingerprint density at radius 1 is 1.00 bits per heavy atom. The van der Waals surface area contributed by atoms with Gasteiger partial charge in [-0.2, -0.15) is 0 Å². The first-order valence-corrected chi connectivity index (χ1v) is 11.5. The number of hydrogen-bond acceptors (Lipinski definition) is 0. The molecule has 2 aromatic rings. The summed E-state index contributed by atoms with van der Waals surface area (Å²) in [7, 11) is 0. The SMILES string of the molecule is CC/C=C1/CC(c2ccc(CC)cc2C(C)CC)Cc2c(Cl)cc(CC)cc21. The molecule has 2 unspecified atom stereocenters. The Morgan fingerprint density at radius 2 is 1.75 bits per heavy atom. The number of allylic oxidation sites excluding steroid dienone is 2. The molecule has 2 aromatic carbocycles. The Kier molecular flexibility index (Phi) is 7.05. The van der Waals surface area contributed by atoms with Gasteiger partial charge in [-0.05, 0) is 95.4 Å². The Hall–Kier alpha value is -1.53. The maximum Gasteiger partial charge on any atom is 0.0447 e. The largest absolute Gasteiger partial charge is 0.0840 e. The third-order valence-corrected chi connectivity index (χ3v) is 6.86. The maximum absolute atomic E-state index is 6.79. The van der Waals surface area contributed by atoms with Crippen molar-refractivity contribution in [3.63, 3.8) is 0 Å². The summed E-state index contributed by atoms with van der Waals surface area (Å²) >= 11 is 6.79. The fraction of sp³-hybridized carbons (Fsp3) is 0.481. The van der Waals surface area contributed by atoms with E-state index in [1.165, 1.54) is 39.8 Å². The molecular formula is C27H35Cl. The monoisotopic (exact) mass is 394 g/mol. The Morgan fingerprint density at radius 3 is 2.39 bits per heavy atom. The van der Waals surface area contributed by atoms with E-state index in [0.717, 1.165) is 37.1 Å². The fourth-order valence-corrected chi connectivity index (χ4v) is 4.93. The zero-order valence-corrected chi connectivity index (χ0v) is 19.0. The van der Waals surface area contributed by atoms with Crippen LogP contribution in [0.5, 0.6) is 0 Å². The van der Waals surface area contributed by atoms with Gasteiger partial charge >= 0.3 is 0 Å². The minimum atomic E-state index is 0.519. The summed E-state index contributed by atoms with van der Waals surface area (Å²) in [4.78, 5) is 0. The molecule has 0 fully saturated rings. The molecule has 0 saturated heterocycles. The van der Waals surface area contributed by atoms with Crippen molar-refractivity contribution in [1.82, 2.24) is 0 Å².